The molecule has 0 aliphatic carbocycles. The maximum atomic E-state index is 6.29. The van der Waals surface area contributed by atoms with E-state index in [1.165, 1.54) is 29.9 Å². The van der Waals surface area contributed by atoms with Crippen LogP contribution in [0, 0.1) is 5.92 Å². The van der Waals surface area contributed by atoms with Crippen LogP contribution in [-0.4, -0.2) is 18.6 Å². The van der Waals surface area contributed by atoms with Crippen LogP contribution in [0.5, 0.6) is 5.75 Å². The molecule has 0 bridgehead atoms. The second kappa shape index (κ2) is 6.31. The maximum Gasteiger partial charge on any atom is 0.119 e. The average Bonchev–Trinajstić information content (AvgIpc) is 2.40. The van der Waals surface area contributed by atoms with Gasteiger partial charge < -0.3 is 10.5 Å². The number of benzene rings is 1. The fourth-order valence-corrected chi connectivity index (χ4v) is 3.55. The molecule has 2 nitrogen and oxygen atoms in total. The summed E-state index contributed by atoms with van der Waals surface area (Å²) >= 11 is 2.07. The molecule has 1 aromatic carbocycles. The van der Waals surface area contributed by atoms with Crippen LogP contribution in [0.15, 0.2) is 24.3 Å². The van der Waals surface area contributed by atoms with E-state index in [1.54, 1.807) is 7.11 Å². The van der Waals surface area contributed by atoms with Crippen molar-refractivity contribution in [3.8, 4) is 5.75 Å². The Bertz CT molecular complexity index is 350. The molecular weight excluding hydrogens is 230 g/mol. The molecule has 0 saturated carbocycles. The lowest BCUT2D eigenvalue weighted by molar-refractivity contribution is 0.404. The first-order chi connectivity index (χ1) is 8.29. The molecule has 1 unspecified atom stereocenters. The van der Waals surface area contributed by atoms with E-state index in [4.69, 9.17) is 10.5 Å². The van der Waals surface area contributed by atoms with E-state index in [2.05, 4.69) is 23.9 Å². The second-order valence-electron chi connectivity index (χ2n) is 4.67. The summed E-state index contributed by atoms with van der Waals surface area (Å²) in [6, 6.07) is 8.30. The van der Waals surface area contributed by atoms with E-state index in [9.17, 15) is 0 Å². The van der Waals surface area contributed by atoms with Crippen molar-refractivity contribution in [1.29, 1.82) is 0 Å². The van der Waals surface area contributed by atoms with Crippen LogP contribution in [0.3, 0.4) is 0 Å². The van der Waals surface area contributed by atoms with Gasteiger partial charge in [-0.1, -0.05) is 12.1 Å². The van der Waals surface area contributed by atoms with Gasteiger partial charge in [0.2, 0.25) is 0 Å². The van der Waals surface area contributed by atoms with E-state index < -0.39 is 0 Å². The molecule has 0 spiro atoms. The molecule has 1 aromatic rings. The summed E-state index contributed by atoms with van der Waals surface area (Å²) in [7, 11) is 1.70. The Balaban J connectivity index is 1.95. The molecule has 1 aliphatic heterocycles. The van der Waals surface area contributed by atoms with Crippen molar-refractivity contribution in [2.24, 2.45) is 11.7 Å². The molecule has 2 rings (SSSR count). The molecule has 1 fully saturated rings. The first-order valence-corrected chi connectivity index (χ1v) is 7.42. The van der Waals surface area contributed by atoms with Crippen LogP contribution < -0.4 is 10.5 Å². The van der Waals surface area contributed by atoms with Crippen molar-refractivity contribution in [2.75, 3.05) is 18.6 Å². The van der Waals surface area contributed by atoms with Gasteiger partial charge in [-0.2, -0.15) is 11.8 Å². The van der Waals surface area contributed by atoms with Gasteiger partial charge in [0.1, 0.15) is 5.75 Å². The monoisotopic (exact) mass is 251 g/mol. The van der Waals surface area contributed by atoms with Gasteiger partial charge in [-0.15, -0.1) is 0 Å². The highest BCUT2D eigenvalue weighted by molar-refractivity contribution is 7.99. The third-order valence-electron chi connectivity index (χ3n) is 3.45. The molecule has 1 saturated heterocycles. The van der Waals surface area contributed by atoms with Gasteiger partial charge in [-0.05, 0) is 54.4 Å². The molecule has 1 heterocycles. The Morgan fingerprint density at radius 2 is 2.18 bits per heavy atom. The second-order valence-corrected chi connectivity index (χ2v) is 5.90. The predicted octanol–water partition coefficient (Wildman–Crippen LogP) is 3.23. The van der Waals surface area contributed by atoms with Gasteiger partial charge in [0.25, 0.3) is 0 Å². The van der Waals surface area contributed by atoms with Gasteiger partial charge in [-0.3, -0.25) is 0 Å². The number of nitrogens with two attached hydrogens (primary N) is 1. The summed E-state index contributed by atoms with van der Waals surface area (Å²) in [6.45, 7) is 0. The normalized spacial score (nSPS) is 18.9. The zero-order chi connectivity index (χ0) is 12.1. The largest absolute Gasteiger partial charge is 0.497 e. The predicted molar refractivity (Wildman–Crippen MR) is 74.6 cm³/mol. The van der Waals surface area contributed by atoms with E-state index in [1.807, 2.05) is 12.1 Å². The summed E-state index contributed by atoms with van der Waals surface area (Å²) in [5.41, 5.74) is 7.48. The standard InChI is InChI=1S/C14H21NOS/c1-16-13-4-2-3-12(10-13)14(15)9-11-5-7-17-8-6-11/h2-4,10-11,14H,5-9,15H2,1H3. The first-order valence-electron chi connectivity index (χ1n) is 6.27. The van der Waals surface area contributed by atoms with Crippen molar-refractivity contribution in [1.82, 2.24) is 0 Å². The zero-order valence-corrected chi connectivity index (χ0v) is 11.2. The minimum Gasteiger partial charge on any atom is -0.497 e. The Kier molecular flexibility index (Phi) is 4.75. The molecule has 94 valence electrons. The topological polar surface area (TPSA) is 35.2 Å². The molecule has 3 heteroatoms. The number of ether oxygens (including phenoxy) is 1. The molecule has 2 N–H and O–H groups in total. The quantitative estimate of drug-likeness (QED) is 0.892. The summed E-state index contributed by atoms with van der Waals surface area (Å²) < 4.78 is 5.24. The fourth-order valence-electron chi connectivity index (χ4n) is 2.35. The Hall–Kier alpha value is -0.670. The van der Waals surface area contributed by atoms with Gasteiger partial charge >= 0.3 is 0 Å². The molecule has 0 radical (unpaired) electrons. The lowest BCUT2D eigenvalue weighted by Crippen LogP contribution is -2.18. The highest BCUT2D eigenvalue weighted by Crippen LogP contribution is 2.30. The summed E-state index contributed by atoms with van der Waals surface area (Å²) in [5.74, 6) is 4.31. The maximum absolute atomic E-state index is 6.29. The van der Waals surface area contributed by atoms with E-state index in [0.717, 1.165) is 18.1 Å². The number of hydrogen-bond acceptors (Lipinski definition) is 3. The average molecular weight is 251 g/mol. The number of thioether (sulfide) groups is 1. The lowest BCUT2D eigenvalue weighted by atomic mass is 9.91. The van der Waals surface area contributed by atoms with E-state index in [0.29, 0.717) is 0 Å². The Morgan fingerprint density at radius 3 is 2.88 bits per heavy atom. The Morgan fingerprint density at radius 1 is 1.41 bits per heavy atom. The highest BCUT2D eigenvalue weighted by atomic mass is 32.2. The summed E-state index contributed by atoms with van der Waals surface area (Å²) in [4.78, 5) is 0. The van der Waals surface area contributed by atoms with Crippen molar-refractivity contribution in [3.63, 3.8) is 0 Å². The van der Waals surface area contributed by atoms with E-state index >= 15 is 0 Å². The summed E-state index contributed by atoms with van der Waals surface area (Å²) in [5, 5.41) is 0. The van der Waals surface area contributed by atoms with Crippen LogP contribution >= 0.6 is 11.8 Å². The van der Waals surface area contributed by atoms with Gasteiger partial charge in [0.05, 0.1) is 7.11 Å². The minimum atomic E-state index is 0.151. The molecule has 0 amide bonds. The smallest absolute Gasteiger partial charge is 0.119 e. The van der Waals surface area contributed by atoms with Gasteiger partial charge in [0.15, 0.2) is 0 Å². The molecular formula is C14H21NOS. The number of methoxy groups -OCH3 is 1. The first kappa shape index (κ1) is 12.8. The fraction of sp³-hybridized carbons (Fsp3) is 0.571. The minimum absolute atomic E-state index is 0.151. The van der Waals surface area contributed by atoms with Crippen LogP contribution in [0.25, 0.3) is 0 Å². The SMILES string of the molecule is COc1cccc(C(N)CC2CCSCC2)c1. The molecule has 0 aromatic heterocycles. The number of rotatable bonds is 4. The van der Waals surface area contributed by atoms with Crippen molar-refractivity contribution in [3.05, 3.63) is 29.8 Å². The molecule has 1 aliphatic rings. The van der Waals surface area contributed by atoms with Crippen LogP contribution in [0.4, 0.5) is 0 Å². The van der Waals surface area contributed by atoms with Crippen LogP contribution in [0.2, 0.25) is 0 Å². The Labute approximate surface area is 108 Å². The van der Waals surface area contributed by atoms with Gasteiger partial charge in [-0.25, -0.2) is 0 Å². The third kappa shape index (κ3) is 3.65. The van der Waals surface area contributed by atoms with Crippen molar-refractivity contribution < 1.29 is 4.74 Å². The van der Waals surface area contributed by atoms with Crippen LogP contribution in [-0.2, 0) is 0 Å². The molecule has 17 heavy (non-hydrogen) atoms. The van der Waals surface area contributed by atoms with Gasteiger partial charge in [0, 0.05) is 6.04 Å². The lowest BCUT2D eigenvalue weighted by Gasteiger charge is -2.24. The van der Waals surface area contributed by atoms with Crippen LogP contribution in [0.1, 0.15) is 30.9 Å². The number of hydrogen-bond donors (Lipinski definition) is 1. The summed E-state index contributed by atoms with van der Waals surface area (Å²) in [6.07, 6.45) is 3.75. The van der Waals surface area contributed by atoms with Crippen molar-refractivity contribution in [2.45, 2.75) is 25.3 Å². The third-order valence-corrected chi connectivity index (χ3v) is 4.50. The molecule has 1 atom stereocenters. The highest BCUT2D eigenvalue weighted by Gasteiger charge is 2.18. The zero-order valence-electron chi connectivity index (χ0n) is 10.4. The van der Waals surface area contributed by atoms with Crippen molar-refractivity contribution >= 4 is 11.8 Å². The van der Waals surface area contributed by atoms with E-state index in [-0.39, 0.29) is 6.04 Å².